The first-order chi connectivity index (χ1) is 9.43. The van der Waals surface area contributed by atoms with Crippen molar-refractivity contribution in [2.75, 3.05) is 6.54 Å². The zero-order valence-corrected chi connectivity index (χ0v) is 13.3. The Morgan fingerprint density at radius 3 is 2.14 bits per heavy atom. The van der Waals surface area contributed by atoms with E-state index in [-0.39, 0.29) is 24.3 Å². The van der Waals surface area contributed by atoms with Gasteiger partial charge in [-0.1, -0.05) is 13.8 Å². The van der Waals surface area contributed by atoms with Crippen LogP contribution in [0.25, 0.3) is 0 Å². The summed E-state index contributed by atoms with van der Waals surface area (Å²) in [4.78, 5) is 33.2. The Morgan fingerprint density at radius 2 is 1.67 bits per heavy atom. The van der Waals surface area contributed by atoms with E-state index in [0.29, 0.717) is 19.4 Å². The van der Waals surface area contributed by atoms with E-state index in [4.69, 9.17) is 10.8 Å². The summed E-state index contributed by atoms with van der Waals surface area (Å²) in [7, 11) is 0. The van der Waals surface area contributed by atoms with Gasteiger partial charge in [0.1, 0.15) is 0 Å². The molecule has 0 heterocycles. The smallest absolute Gasteiger partial charge is 0.315 e. The number of carbonyl (C=O) groups is 3. The number of hydrogen-bond acceptors (Lipinski definition) is 3. The van der Waals surface area contributed by atoms with Crippen LogP contribution in [0, 0.1) is 5.41 Å². The predicted molar refractivity (Wildman–Crippen MR) is 79.7 cm³/mol. The van der Waals surface area contributed by atoms with Crippen molar-refractivity contribution in [1.82, 2.24) is 10.6 Å². The number of aliphatic carboxylic acids is 1. The van der Waals surface area contributed by atoms with E-state index in [1.54, 1.807) is 13.8 Å². The van der Waals surface area contributed by atoms with E-state index in [0.717, 1.165) is 0 Å². The van der Waals surface area contributed by atoms with Crippen molar-refractivity contribution in [3.05, 3.63) is 0 Å². The largest absolute Gasteiger partial charge is 0.481 e. The Balaban J connectivity index is 4.08. The molecule has 0 rings (SSSR count). The maximum atomic E-state index is 11.7. The van der Waals surface area contributed by atoms with E-state index < -0.39 is 17.4 Å². The summed E-state index contributed by atoms with van der Waals surface area (Å²) < 4.78 is 0. The maximum Gasteiger partial charge on any atom is 0.315 e. The molecule has 0 aromatic carbocycles. The molecule has 0 aromatic heterocycles. The average molecular weight is 301 g/mol. The second kappa shape index (κ2) is 7.85. The predicted octanol–water partition coefficient (Wildman–Crippen LogP) is 1.22. The molecule has 0 aliphatic rings. The van der Waals surface area contributed by atoms with Crippen molar-refractivity contribution in [3.63, 3.8) is 0 Å². The number of carbonyl (C=O) groups excluding carboxylic acids is 2. The van der Waals surface area contributed by atoms with Gasteiger partial charge < -0.3 is 21.5 Å². The second-order valence-electron chi connectivity index (χ2n) is 6.72. The van der Waals surface area contributed by atoms with Gasteiger partial charge in [-0.25, -0.2) is 4.79 Å². The third-order valence-electron chi connectivity index (χ3n) is 3.17. The normalized spacial score (nSPS) is 11.8. The molecule has 0 fully saturated rings. The van der Waals surface area contributed by atoms with Crippen molar-refractivity contribution in [2.24, 2.45) is 11.1 Å². The molecule has 0 atom stereocenters. The molecule has 0 spiro atoms. The summed E-state index contributed by atoms with van der Waals surface area (Å²) in [5, 5.41) is 14.1. The molecule has 0 unspecified atom stereocenters. The molecule has 0 saturated heterocycles. The van der Waals surface area contributed by atoms with E-state index in [1.807, 2.05) is 13.8 Å². The quantitative estimate of drug-likeness (QED) is 0.511. The first-order valence-electron chi connectivity index (χ1n) is 7.00. The minimum absolute atomic E-state index is 0.0600. The summed E-state index contributed by atoms with van der Waals surface area (Å²) in [6.45, 7) is 7.80. The van der Waals surface area contributed by atoms with Crippen LogP contribution in [0.15, 0.2) is 0 Å². The maximum absolute atomic E-state index is 11.7. The van der Waals surface area contributed by atoms with Crippen molar-refractivity contribution in [1.29, 1.82) is 0 Å². The van der Waals surface area contributed by atoms with E-state index in [2.05, 4.69) is 10.6 Å². The monoisotopic (exact) mass is 301 g/mol. The minimum atomic E-state index is -0.818. The molecule has 21 heavy (non-hydrogen) atoms. The highest BCUT2D eigenvalue weighted by molar-refractivity contribution is 5.78. The van der Waals surface area contributed by atoms with Gasteiger partial charge in [0.15, 0.2) is 0 Å². The van der Waals surface area contributed by atoms with Crippen molar-refractivity contribution < 1.29 is 19.5 Å². The topological polar surface area (TPSA) is 122 Å². The number of primary amides is 1. The van der Waals surface area contributed by atoms with Gasteiger partial charge in [0.05, 0.1) is 0 Å². The van der Waals surface area contributed by atoms with Crippen LogP contribution >= 0.6 is 0 Å². The Kier molecular flexibility index (Phi) is 7.18. The van der Waals surface area contributed by atoms with Crippen LogP contribution in [-0.2, 0) is 9.59 Å². The summed E-state index contributed by atoms with van der Waals surface area (Å²) >= 11 is 0. The molecule has 0 aromatic rings. The number of nitrogens with one attached hydrogen (secondary N) is 2. The molecule has 122 valence electrons. The number of carboxylic acid groups (broad SMARTS) is 1. The zero-order chi connectivity index (χ0) is 16.7. The van der Waals surface area contributed by atoms with Crippen LogP contribution in [0.1, 0.15) is 53.4 Å². The minimum Gasteiger partial charge on any atom is -0.481 e. The fourth-order valence-electron chi connectivity index (χ4n) is 1.92. The van der Waals surface area contributed by atoms with Gasteiger partial charge in [0.2, 0.25) is 5.91 Å². The number of nitrogens with two attached hydrogens (primary N) is 1. The van der Waals surface area contributed by atoms with E-state index in [1.165, 1.54) is 0 Å². The van der Waals surface area contributed by atoms with E-state index in [9.17, 15) is 14.4 Å². The first kappa shape index (κ1) is 19.2. The average Bonchev–Trinajstić information content (AvgIpc) is 2.23. The lowest BCUT2D eigenvalue weighted by atomic mass is 9.84. The Morgan fingerprint density at radius 1 is 1.10 bits per heavy atom. The van der Waals surface area contributed by atoms with Gasteiger partial charge in [-0.3, -0.25) is 9.59 Å². The molecule has 3 amide bonds. The third kappa shape index (κ3) is 10.6. The number of urea groups is 1. The van der Waals surface area contributed by atoms with E-state index >= 15 is 0 Å². The molecule has 7 heteroatoms. The van der Waals surface area contributed by atoms with Gasteiger partial charge in [-0.05, 0) is 32.1 Å². The summed E-state index contributed by atoms with van der Waals surface area (Å²) in [6.07, 6.45) is 1.40. The molecule has 0 radical (unpaired) electrons. The Bertz CT molecular complexity index is 392. The molecular weight excluding hydrogens is 274 g/mol. The summed E-state index contributed by atoms with van der Waals surface area (Å²) in [6, 6.07) is -0.365. The fraction of sp³-hybridized carbons (Fsp3) is 0.786. The highest BCUT2D eigenvalue weighted by atomic mass is 16.4. The van der Waals surface area contributed by atoms with Crippen LogP contribution in [0.2, 0.25) is 0 Å². The number of amides is 3. The summed E-state index contributed by atoms with van der Waals surface area (Å²) in [5.74, 6) is -1.29. The van der Waals surface area contributed by atoms with Gasteiger partial charge in [-0.2, -0.15) is 0 Å². The van der Waals surface area contributed by atoms with Crippen molar-refractivity contribution in [2.45, 2.75) is 58.9 Å². The molecule has 0 aliphatic carbocycles. The van der Waals surface area contributed by atoms with Crippen LogP contribution in [0.3, 0.4) is 0 Å². The highest BCUT2D eigenvalue weighted by Gasteiger charge is 2.23. The molecule has 0 aliphatic heterocycles. The van der Waals surface area contributed by atoms with Gasteiger partial charge in [0, 0.05) is 24.9 Å². The Hall–Kier alpha value is -1.79. The van der Waals surface area contributed by atoms with Crippen LogP contribution in [0.4, 0.5) is 4.79 Å². The summed E-state index contributed by atoms with van der Waals surface area (Å²) in [5.41, 5.74) is 4.25. The SMILES string of the molecule is CC(C)(CCNC(=O)NC(C)(C)CC(N)=O)CCC(=O)O. The zero-order valence-electron chi connectivity index (χ0n) is 13.3. The molecule has 7 nitrogen and oxygen atoms in total. The van der Waals surface area contributed by atoms with Crippen LogP contribution in [-0.4, -0.2) is 35.1 Å². The molecule has 0 saturated carbocycles. The molecule has 0 bridgehead atoms. The first-order valence-corrected chi connectivity index (χ1v) is 7.00. The van der Waals surface area contributed by atoms with Crippen LogP contribution < -0.4 is 16.4 Å². The lowest BCUT2D eigenvalue weighted by molar-refractivity contribution is -0.137. The van der Waals surface area contributed by atoms with Gasteiger partial charge >= 0.3 is 12.0 Å². The van der Waals surface area contributed by atoms with Gasteiger partial charge in [-0.15, -0.1) is 0 Å². The van der Waals surface area contributed by atoms with Gasteiger partial charge in [0.25, 0.3) is 0 Å². The molecular formula is C14H27N3O4. The number of hydrogen-bond donors (Lipinski definition) is 4. The lowest BCUT2D eigenvalue weighted by Crippen LogP contribution is -2.50. The second-order valence-corrected chi connectivity index (χ2v) is 6.72. The van der Waals surface area contributed by atoms with Crippen molar-refractivity contribution in [3.8, 4) is 0 Å². The highest BCUT2D eigenvalue weighted by Crippen LogP contribution is 2.25. The fourth-order valence-corrected chi connectivity index (χ4v) is 1.92. The third-order valence-corrected chi connectivity index (χ3v) is 3.17. The van der Waals surface area contributed by atoms with Crippen molar-refractivity contribution >= 4 is 17.9 Å². The van der Waals surface area contributed by atoms with Crippen LogP contribution in [0.5, 0.6) is 0 Å². The number of rotatable bonds is 9. The standard InChI is InChI=1S/C14H27N3O4/c1-13(2,6-5-11(19)20)7-8-16-12(21)17-14(3,4)9-10(15)18/h5-9H2,1-4H3,(H2,15,18)(H,19,20)(H2,16,17,21). The lowest BCUT2D eigenvalue weighted by Gasteiger charge is -2.26. The molecule has 5 N–H and O–H groups in total. The number of carboxylic acids is 1. The Labute approximate surface area is 125 Å².